The Morgan fingerprint density at radius 3 is 2.78 bits per heavy atom. The standard InChI is InChI=1S/C12H12N2O4/c1-17-6-9(15)14-10-7-4-2-3-5-8(7)18-11(10)12(13)16/h2-5H,6H2,1H3,(H2,13,16)(H,14,15). The van der Waals surface area contributed by atoms with E-state index in [1.807, 2.05) is 0 Å². The number of amides is 2. The summed E-state index contributed by atoms with van der Waals surface area (Å²) in [7, 11) is 1.40. The fraction of sp³-hybridized carbons (Fsp3) is 0.167. The molecule has 6 nitrogen and oxygen atoms in total. The van der Waals surface area contributed by atoms with E-state index >= 15 is 0 Å². The largest absolute Gasteiger partial charge is 0.449 e. The minimum atomic E-state index is -0.737. The molecule has 18 heavy (non-hydrogen) atoms. The summed E-state index contributed by atoms with van der Waals surface area (Å²) in [5, 5.41) is 3.18. The van der Waals surface area contributed by atoms with Gasteiger partial charge in [0.1, 0.15) is 17.9 Å². The number of fused-ring (bicyclic) bond motifs is 1. The number of hydrogen-bond acceptors (Lipinski definition) is 4. The number of nitrogens with two attached hydrogens (primary N) is 1. The molecule has 94 valence electrons. The summed E-state index contributed by atoms with van der Waals surface area (Å²) in [6.45, 7) is -0.113. The van der Waals surface area contributed by atoms with Gasteiger partial charge in [0.15, 0.2) is 0 Å². The zero-order chi connectivity index (χ0) is 13.1. The third kappa shape index (κ3) is 2.18. The van der Waals surface area contributed by atoms with Crippen molar-refractivity contribution in [1.82, 2.24) is 0 Å². The van der Waals surface area contributed by atoms with Gasteiger partial charge in [-0.2, -0.15) is 0 Å². The Hall–Kier alpha value is -2.34. The quantitative estimate of drug-likeness (QED) is 0.847. The van der Waals surface area contributed by atoms with Gasteiger partial charge in [0.2, 0.25) is 11.7 Å². The number of ether oxygens (including phenoxy) is 1. The maximum absolute atomic E-state index is 11.5. The maximum atomic E-state index is 11.5. The fourth-order valence-electron chi connectivity index (χ4n) is 1.65. The van der Waals surface area contributed by atoms with E-state index in [-0.39, 0.29) is 24.0 Å². The number of nitrogens with one attached hydrogen (secondary N) is 1. The summed E-state index contributed by atoms with van der Waals surface area (Å²) in [4.78, 5) is 22.8. The minimum Gasteiger partial charge on any atom is -0.449 e. The molecule has 0 saturated heterocycles. The Morgan fingerprint density at radius 1 is 1.39 bits per heavy atom. The zero-order valence-corrected chi connectivity index (χ0v) is 9.73. The Bertz CT molecular complexity index is 603. The molecular formula is C12H12N2O4. The van der Waals surface area contributed by atoms with E-state index in [1.165, 1.54) is 7.11 Å². The Morgan fingerprint density at radius 2 is 2.11 bits per heavy atom. The molecule has 1 aromatic carbocycles. The van der Waals surface area contributed by atoms with Gasteiger partial charge in [-0.3, -0.25) is 9.59 Å². The molecule has 3 N–H and O–H groups in total. The molecule has 1 aromatic heterocycles. The highest BCUT2D eigenvalue weighted by atomic mass is 16.5. The molecule has 0 aliphatic rings. The molecule has 0 bridgehead atoms. The van der Waals surface area contributed by atoms with Crippen LogP contribution in [-0.2, 0) is 9.53 Å². The fourth-order valence-corrected chi connectivity index (χ4v) is 1.65. The van der Waals surface area contributed by atoms with E-state index in [2.05, 4.69) is 5.32 Å². The highest BCUT2D eigenvalue weighted by Crippen LogP contribution is 2.30. The topological polar surface area (TPSA) is 94.6 Å². The number of hydrogen-bond donors (Lipinski definition) is 2. The smallest absolute Gasteiger partial charge is 0.286 e. The third-order valence-corrected chi connectivity index (χ3v) is 2.36. The van der Waals surface area contributed by atoms with Crippen molar-refractivity contribution in [2.24, 2.45) is 5.73 Å². The lowest BCUT2D eigenvalue weighted by Crippen LogP contribution is -2.20. The van der Waals surface area contributed by atoms with E-state index < -0.39 is 5.91 Å². The van der Waals surface area contributed by atoms with Crippen LogP contribution in [0, 0.1) is 0 Å². The van der Waals surface area contributed by atoms with Crippen LogP contribution in [0.15, 0.2) is 28.7 Å². The summed E-state index contributed by atoms with van der Waals surface area (Å²) >= 11 is 0. The molecule has 0 saturated carbocycles. The predicted octanol–water partition coefficient (Wildman–Crippen LogP) is 1.12. The van der Waals surface area contributed by atoms with Gasteiger partial charge in [-0.05, 0) is 12.1 Å². The summed E-state index contributed by atoms with van der Waals surface area (Å²) in [5.74, 6) is -1.19. The van der Waals surface area contributed by atoms with Crippen molar-refractivity contribution in [2.75, 3.05) is 19.0 Å². The van der Waals surface area contributed by atoms with Crippen molar-refractivity contribution >= 4 is 28.5 Å². The molecule has 0 atom stereocenters. The van der Waals surface area contributed by atoms with E-state index in [0.29, 0.717) is 11.0 Å². The van der Waals surface area contributed by atoms with Gasteiger partial charge in [-0.1, -0.05) is 12.1 Å². The van der Waals surface area contributed by atoms with Crippen LogP contribution in [0.5, 0.6) is 0 Å². The van der Waals surface area contributed by atoms with Crippen LogP contribution in [0.1, 0.15) is 10.6 Å². The molecular weight excluding hydrogens is 236 g/mol. The van der Waals surface area contributed by atoms with Crippen LogP contribution >= 0.6 is 0 Å². The number of anilines is 1. The lowest BCUT2D eigenvalue weighted by atomic mass is 10.2. The highest BCUT2D eigenvalue weighted by Gasteiger charge is 2.19. The number of para-hydroxylation sites is 1. The average Bonchev–Trinajstić information content (AvgIpc) is 2.69. The average molecular weight is 248 g/mol. The van der Waals surface area contributed by atoms with Gasteiger partial charge in [0.05, 0.1) is 0 Å². The first-order valence-corrected chi connectivity index (χ1v) is 5.23. The van der Waals surface area contributed by atoms with Crippen molar-refractivity contribution in [3.05, 3.63) is 30.0 Å². The van der Waals surface area contributed by atoms with Gasteiger partial charge in [-0.25, -0.2) is 0 Å². The molecule has 2 amide bonds. The Kier molecular flexibility index (Phi) is 3.29. The van der Waals surface area contributed by atoms with Crippen LogP contribution < -0.4 is 11.1 Å². The van der Waals surface area contributed by atoms with Gasteiger partial charge in [0.25, 0.3) is 5.91 Å². The van der Waals surface area contributed by atoms with Crippen LogP contribution in [0.3, 0.4) is 0 Å². The lowest BCUT2D eigenvalue weighted by Gasteiger charge is -2.03. The summed E-state index contributed by atoms with van der Waals surface area (Å²) in [6.07, 6.45) is 0. The molecule has 0 aliphatic carbocycles. The number of methoxy groups -OCH3 is 1. The third-order valence-electron chi connectivity index (χ3n) is 2.36. The Labute approximate surface area is 103 Å². The van der Waals surface area contributed by atoms with Crippen LogP contribution in [0.25, 0.3) is 11.0 Å². The number of furan rings is 1. The molecule has 1 heterocycles. The predicted molar refractivity (Wildman–Crippen MR) is 65.2 cm³/mol. The minimum absolute atomic E-state index is 0.0688. The van der Waals surface area contributed by atoms with Gasteiger partial charge in [0, 0.05) is 12.5 Å². The maximum Gasteiger partial charge on any atom is 0.286 e. The monoisotopic (exact) mass is 248 g/mol. The molecule has 0 fully saturated rings. The second-order valence-corrected chi connectivity index (χ2v) is 3.65. The zero-order valence-electron chi connectivity index (χ0n) is 9.73. The van der Waals surface area contributed by atoms with Gasteiger partial charge < -0.3 is 20.2 Å². The molecule has 0 aliphatic heterocycles. The SMILES string of the molecule is COCC(=O)Nc1c(C(N)=O)oc2ccccc12. The van der Waals surface area contributed by atoms with Crippen molar-refractivity contribution < 1.29 is 18.7 Å². The first-order valence-electron chi connectivity index (χ1n) is 5.23. The molecule has 2 aromatic rings. The van der Waals surface area contributed by atoms with Crippen molar-refractivity contribution in [2.45, 2.75) is 0 Å². The first kappa shape index (κ1) is 12.1. The second kappa shape index (κ2) is 4.89. The van der Waals surface area contributed by atoms with Crippen LogP contribution in [-0.4, -0.2) is 25.5 Å². The second-order valence-electron chi connectivity index (χ2n) is 3.65. The van der Waals surface area contributed by atoms with E-state index in [4.69, 9.17) is 14.9 Å². The lowest BCUT2D eigenvalue weighted by molar-refractivity contribution is -0.119. The number of primary amides is 1. The summed E-state index contributed by atoms with van der Waals surface area (Å²) < 4.78 is 10.0. The van der Waals surface area contributed by atoms with Crippen LogP contribution in [0.4, 0.5) is 5.69 Å². The highest BCUT2D eigenvalue weighted by molar-refractivity contribution is 6.10. The first-order chi connectivity index (χ1) is 8.63. The summed E-state index contributed by atoms with van der Waals surface area (Å²) in [5.41, 5.74) is 5.98. The Balaban J connectivity index is 2.48. The molecule has 6 heteroatoms. The normalized spacial score (nSPS) is 10.5. The van der Waals surface area contributed by atoms with Crippen LogP contribution in [0.2, 0.25) is 0 Å². The molecule has 0 radical (unpaired) electrons. The van der Waals surface area contributed by atoms with Crippen molar-refractivity contribution in [3.63, 3.8) is 0 Å². The van der Waals surface area contributed by atoms with E-state index in [0.717, 1.165) is 0 Å². The number of rotatable bonds is 4. The van der Waals surface area contributed by atoms with E-state index in [1.54, 1.807) is 24.3 Å². The number of benzene rings is 1. The number of carbonyl (C=O) groups excluding carboxylic acids is 2. The van der Waals surface area contributed by atoms with Crippen molar-refractivity contribution in [1.29, 1.82) is 0 Å². The summed E-state index contributed by atoms with van der Waals surface area (Å²) in [6, 6.07) is 6.95. The number of carbonyl (C=O) groups is 2. The van der Waals surface area contributed by atoms with Crippen molar-refractivity contribution in [3.8, 4) is 0 Å². The van der Waals surface area contributed by atoms with Gasteiger partial charge in [-0.15, -0.1) is 0 Å². The molecule has 0 spiro atoms. The molecule has 2 rings (SSSR count). The van der Waals surface area contributed by atoms with E-state index in [9.17, 15) is 9.59 Å². The molecule has 0 unspecified atom stereocenters. The van der Waals surface area contributed by atoms with Gasteiger partial charge >= 0.3 is 0 Å².